The van der Waals surface area contributed by atoms with Crippen LogP contribution in [0, 0.1) is 0 Å². The normalized spacial score (nSPS) is 11.8. The fourth-order valence-corrected chi connectivity index (χ4v) is 10.8. The molecule has 0 fully saturated rings. The Morgan fingerprint density at radius 3 is 1.33 bits per heavy atom. The molecule has 0 unspecified atom stereocenters. The molecule has 4 heterocycles. The van der Waals surface area contributed by atoms with E-state index in [0.29, 0.717) is 5.82 Å². The van der Waals surface area contributed by atoms with Crippen LogP contribution in [0.25, 0.3) is 128 Å². The molecule has 0 saturated heterocycles. The van der Waals surface area contributed by atoms with Crippen LogP contribution in [0.15, 0.2) is 249 Å². The molecule has 5 nitrogen and oxygen atoms in total. The molecule has 0 radical (unpaired) electrons. The number of para-hydroxylation sites is 5. The number of rotatable bonds is 7. The summed E-state index contributed by atoms with van der Waals surface area (Å²) in [6.07, 6.45) is 0. The molecule has 5 heteroatoms. The number of fused-ring (bicyclic) bond motifs is 10. The van der Waals surface area contributed by atoms with Crippen LogP contribution < -0.4 is 0 Å². The first kappa shape index (κ1) is 38.9. The molecule has 0 aliphatic carbocycles. The van der Waals surface area contributed by atoms with Crippen molar-refractivity contribution in [1.29, 1.82) is 0 Å². The van der Waals surface area contributed by atoms with Gasteiger partial charge in [0.1, 0.15) is 0 Å². The minimum absolute atomic E-state index is 0.698. The fourth-order valence-electron chi connectivity index (χ4n) is 10.8. The molecule has 0 bridgehead atoms. The molecule has 0 aliphatic rings. The van der Waals surface area contributed by atoms with Gasteiger partial charge in [0.2, 0.25) is 0 Å². The molecule has 14 rings (SSSR count). The second-order valence-electron chi connectivity index (χ2n) is 17.7. The first-order chi connectivity index (χ1) is 34.2. The summed E-state index contributed by atoms with van der Waals surface area (Å²) < 4.78 is 7.39. The molecule has 14 aromatic rings. The summed E-state index contributed by atoms with van der Waals surface area (Å²) in [5.74, 6) is 0.698. The van der Waals surface area contributed by atoms with Gasteiger partial charge in [-0.25, -0.2) is 9.97 Å². The van der Waals surface area contributed by atoms with E-state index in [1.807, 2.05) is 24.3 Å². The quantitative estimate of drug-likeness (QED) is 0.160. The highest BCUT2D eigenvalue weighted by Gasteiger charge is 2.25. The van der Waals surface area contributed by atoms with E-state index in [1.54, 1.807) is 0 Å². The summed E-state index contributed by atoms with van der Waals surface area (Å²) >= 11 is 0. The van der Waals surface area contributed by atoms with E-state index < -0.39 is 0 Å². The first-order valence-corrected chi connectivity index (χ1v) is 23.5. The van der Waals surface area contributed by atoms with Crippen molar-refractivity contribution in [2.75, 3.05) is 0 Å². The third-order valence-corrected chi connectivity index (χ3v) is 13.8. The Bertz CT molecular complexity index is 4150. The summed E-state index contributed by atoms with van der Waals surface area (Å²) in [6, 6.07) is 89.3. The lowest BCUT2D eigenvalue weighted by Gasteiger charge is -2.16. The van der Waals surface area contributed by atoms with E-state index in [0.717, 1.165) is 67.3 Å². The first-order valence-electron chi connectivity index (χ1n) is 23.5. The predicted octanol–water partition coefficient (Wildman–Crippen LogP) is 16.4. The van der Waals surface area contributed by atoms with Crippen molar-refractivity contribution in [3.05, 3.63) is 249 Å². The third-order valence-electron chi connectivity index (χ3n) is 13.8. The van der Waals surface area contributed by atoms with Crippen LogP contribution in [0.5, 0.6) is 0 Å². The average molecular weight is 880 g/mol. The minimum Gasteiger partial charge on any atom is -0.309 e. The summed E-state index contributed by atoms with van der Waals surface area (Å²) in [5.41, 5.74) is 17.4. The van der Waals surface area contributed by atoms with Crippen LogP contribution in [0.4, 0.5) is 0 Å². The number of hydrogen-bond donors (Lipinski definition) is 0. The van der Waals surface area contributed by atoms with Gasteiger partial charge < -0.3 is 13.7 Å². The van der Waals surface area contributed by atoms with Crippen molar-refractivity contribution in [3.8, 4) is 62.1 Å². The summed E-state index contributed by atoms with van der Waals surface area (Å²) in [7, 11) is 0. The van der Waals surface area contributed by atoms with E-state index in [-0.39, 0.29) is 0 Å². The maximum atomic E-state index is 5.20. The average Bonchev–Trinajstić information content (AvgIpc) is 4.07. The Kier molecular flexibility index (Phi) is 8.83. The molecule has 69 heavy (non-hydrogen) atoms. The standard InChI is InChI=1S/C64H41N5/c1-5-19-43(20-6-1)55-41-56(66-64(65-55)45-21-7-2-8-22-45)44-35-33-42(34-36-44)53-39-48(68-57-30-16-13-27-49(57)50-28-14-17-31-58(50)68)40-54-51-37-38-60-61(63(51)69(62(53)54)47-25-11-4-12-26-47)52-29-15-18-32-59(52)67(60)46-23-9-3-10-24-46/h1-41H. The molecular weight excluding hydrogens is 839 g/mol. The van der Waals surface area contributed by atoms with Crippen LogP contribution >= 0.6 is 0 Å². The van der Waals surface area contributed by atoms with Crippen molar-refractivity contribution in [2.24, 2.45) is 0 Å². The second-order valence-corrected chi connectivity index (χ2v) is 17.7. The van der Waals surface area contributed by atoms with E-state index in [9.17, 15) is 0 Å². The molecular formula is C64H41N5. The van der Waals surface area contributed by atoms with Gasteiger partial charge in [-0.1, -0.05) is 182 Å². The largest absolute Gasteiger partial charge is 0.309 e. The molecule has 0 N–H and O–H groups in total. The van der Waals surface area contributed by atoms with E-state index in [2.05, 4.69) is 238 Å². The van der Waals surface area contributed by atoms with Crippen LogP contribution in [0.3, 0.4) is 0 Å². The van der Waals surface area contributed by atoms with Crippen LogP contribution in [0.1, 0.15) is 0 Å². The molecule has 0 aliphatic heterocycles. The number of hydrogen-bond acceptors (Lipinski definition) is 2. The highest BCUT2D eigenvalue weighted by atomic mass is 15.0. The fraction of sp³-hybridized carbons (Fsp3) is 0. The number of benzene rings is 10. The molecule has 0 amide bonds. The molecule has 10 aromatic carbocycles. The Morgan fingerprint density at radius 1 is 0.261 bits per heavy atom. The van der Waals surface area contributed by atoms with Gasteiger partial charge in [-0.3, -0.25) is 0 Å². The summed E-state index contributed by atoms with van der Waals surface area (Å²) in [5, 5.41) is 7.28. The van der Waals surface area contributed by atoms with Gasteiger partial charge in [-0.15, -0.1) is 0 Å². The maximum absolute atomic E-state index is 5.20. The van der Waals surface area contributed by atoms with E-state index in [1.165, 1.54) is 54.4 Å². The lowest BCUT2D eigenvalue weighted by molar-refractivity contribution is 1.17. The Balaban J connectivity index is 1.08. The van der Waals surface area contributed by atoms with Gasteiger partial charge in [-0.2, -0.15) is 0 Å². The molecule has 4 aromatic heterocycles. The van der Waals surface area contributed by atoms with Crippen molar-refractivity contribution >= 4 is 65.4 Å². The van der Waals surface area contributed by atoms with Gasteiger partial charge in [0.15, 0.2) is 5.82 Å². The SMILES string of the molecule is c1ccc(-c2cc(-c3ccc(-c4cc(-n5c6ccccc6c6ccccc65)cc5c6ccc7c(c8ccccc8n7-c7ccccc7)c6n(-c6ccccc6)c45)cc3)nc(-c3ccccc3)n2)cc1. The molecule has 322 valence electrons. The van der Waals surface area contributed by atoms with Gasteiger partial charge in [-0.05, 0) is 72.3 Å². The summed E-state index contributed by atoms with van der Waals surface area (Å²) in [6.45, 7) is 0. The van der Waals surface area contributed by atoms with Crippen molar-refractivity contribution in [2.45, 2.75) is 0 Å². The highest BCUT2D eigenvalue weighted by molar-refractivity contribution is 6.27. The molecule has 0 saturated carbocycles. The van der Waals surface area contributed by atoms with Gasteiger partial charge >= 0.3 is 0 Å². The van der Waals surface area contributed by atoms with Gasteiger partial charge in [0.25, 0.3) is 0 Å². The van der Waals surface area contributed by atoms with Crippen molar-refractivity contribution < 1.29 is 0 Å². The third kappa shape index (κ3) is 6.18. The minimum atomic E-state index is 0.698. The zero-order valence-corrected chi connectivity index (χ0v) is 37.4. The number of nitrogens with zero attached hydrogens (tertiary/aromatic N) is 5. The van der Waals surface area contributed by atoms with Crippen LogP contribution in [0.2, 0.25) is 0 Å². The van der Waals surface area contributed by atoms with Crippen molar-refractivity contribution in [3.63, 3.8) is 0 Å². The van der Waals surface area contributed by atoms with Crippen LogP contribution in [-0.4, -0.2) is 23.7 Å². The Morgan fingerprint density at radius 2 is 0.725 bits per heavy atom. The van der Waals surface area contributed by atoms with Crippen LogP contribution in [-0.2, 0) is 0 Å². The summed E-state index contributed by atoms with van der Waals surface area (Å²) in [4.78, 5) is 10.3. The van der Waals surface area contributed by atoms with E-state index in [4.69, 9.17) is 9.97 Å². The van der Waals surface area contributed by atoms with E-state index >= 15 is 0 Å². The van der Waals surface area contributed by atoms with Crippen molar-refractivity contribution in [1.82, 2.24) is 23.7 Å². The second kappa shape index (κ2) is 15.7. The Labute approximate surface area is 398 Å². The predicted molar refractivity (Wildman–Crippen MR) is 287 cm³/mol. The maximum Gasteiger partial charge on any atom is 0.160 e. The monoisotopic (exact) mass is 879 g/mol. The van der Waals surface area contributed by atoms with Gasteiger partial charge in [0.05, 0.1) is 44.5 Å². The smallest absolute Gasteiger partial charge is 0.160 e. The molecule has 0 atom stereocenters. The van der Waals surface area contributed by atoms with Gasteiger partial charge in [0, 0.05) is 71.6 Å². The zero-order valence-electron chi connectivity index (χ0n) is 37.4. The molecule has 0 spiro atoms. The highest BCUT2D eigenvalue weighted by Crippen LogP contribution is 2.46. The lowest BCUT2D eigenvalue weighted by atomic mass is 9.98. The Hall–Kier alpha value is -9.32. The topological polar surface area (TPSA) is 40.6 Å². The number of aromatic nitrogens is 5. The lowest BCUT2D eigenvalue weighted by Crippen LogP contribution is -1.99. The zero-order chi connectivity index (χ0) is 45.4.